The average molecular weight is 341 g/mol. The second-order valence-corrected chi connectivity index (χ2v) is 5.21. The predicted molar refractivity (Wildman–Crippen MR) is 81.8 cm³/mol. The summed E-state index contributed by atoms with van der Waals surface area (Å²) in [5.41, 5.74) is 13.4. The molecule has 0 aliphatic rings. The summed E-state index contributed by atoms with van der Waals surface area (Å²) in [4.78, 5) is 11.0. The lowest BCUT2D eigenvalue weighted by Crippen LogP contribution is -2.11. The van der Waals surface area contributed by atoms with Gasteiger partial charge in [0.1, 0.15) is 0 Å². The number of hydrogen-bond donors (Lipinski definition) is 3. The van der Waals surface area contributed by atoms with Crippen molar-refractivity contribution in [3.63, 3.8) is 0 Å². The van der Waals surface area contributed by atoms with E-state index in [4.69, 9.17) is 23.1 Å². The van der Waals surface area contributed by atoms with Crippen LogP contribution in [0.2, 0.25) is 5.02 Å². The van der Waals surface area contributed by atoms with Crippen LogP contribution >= 0.6 is 27.5 Å². The minimum atomic E-state index is -0.508. The Hall–Kier alpha value is -1.72. The van der Waals surface area contributed by atoms with Crippen molar-refractivity contribution >= 4 is 50.5 Å². The standard InChI is InChI=1S/C13H11BrClN3O/c14-9-6-8(15)2-4-11(9)18-12-3-1-7(13(17)19)5-10(12)16/h1-6,18H,16H2,(H2,17,19). The van der Waals surface area contributed by atoms with Gasteiger partial charge in [-0.2, -0.15) is 0 Å². The van der Waals surface area contributed by atoms with Gasteiger partial charge in [-0.3, -0.25) is 4.79 Å². The maximum atomic E-state index is 11.0. The number of carbonyl (C=O) groups excluding carboxylic acids is 1. The molecule has 4 nitrogen and oxygen atoms in total. The number of halogens is 2. The lowest BCUT2D eigenvalue weighted by atomic mass is 10.1. The monoisotopic (exact) mass is 339 g/mol. The first kappa shape index (κ1) is 13.7. The normalized spacial score (nSPS) is 10.2. The summed E-state index contributed by atoms with van der Waals surface area (Å²) in [7, 11) is 0. The van der Waals surface area contributed by atoms with Gasteiger partial charge in [-0.15, -0.1) is 0 Å². The number of carbonyl (C=O) groups is 1. The third-order valence-corrected chi connectivity index (χ3v) is 3.43. The fourth-order valence-corrected chi connectivity index (χ4v) is 2.35. The van der Waals surface area contributed by atoms with Gasteiger partial charge < -0.3 is 16.8 Å². The van der Waals surface area contributed by atoms with Crippen molar-refractivity contribution in [2.75, 3.05) is 11.1 Å². The molecule has 1 amide bonds. The number of nitrogens with one attached hydrogen (secondary N) is 1. The van der Waals surface area contributed by atoms with E-state index in [1.54, 1.807) is 24.3 Å². The molecule has 2 aromatic carbocycles. The molecular weight excluding hydrogens is 330 g/mol. The lowest BCUT2D eigenvalue weighted by molar-refractivity contribution is 0.100. The SMILES string of the molecule is NC(=O)c1ccc(Nc2ccc(Cl)cc2Br)c(N)c1. The Morgan fingerprint density at radius 2 is 1.84 bits per heavy atom. The van der Waals surface area contributed by atoms with Crippen molar-refractivity contribution in [3.05, 3.63) is 51.5 Å². The van der Waals surface area contributed by atoms with Gasteiger partial charge in [0.2, 0.25) is 5.91 Å². The van der Waals surface area contributed by atoms with Crippen LogP contribution in [0, 0.1) is 0 Å². The van der Waals surface area contributed by atoms with Crippen LogP contribution < -0.4 is 16.8 Å². The van der Waals surface area contributed by atoms with Crippen LogP contribution in [0.3, 0.4) is 0 Å². The van der Waals surface area contributed by atoms with E-state index in [0.717, 1.165) is 10.2 Å². The molecule has 0 aliphatic carbocycles. The van der Waals surface area contributed by atoms with E-state index in [9.17, 15) is 4.79 Å². The summed E-state index contributed by atoms with van der Waals surface area (Å²) in [5.74, 6) is -0.508. The van der Waals surface area contributed by atoms with Crippen molar-refractivity contribution in [3.8, 4) is 0 Å². The molecular formula is C13H11BrClN3O. The Labute approximate surface area is 123 Å². The van der Waals surface area contributed by atoms with Crippen LogP contribution in [-0.2, 0) is 0 Å². The molecule has 0 heterocycles. The smallest absolute Gasteiger partial charge is 0.248 e. The number of hydrogen-bond acceptors (Lipinski definition) is 3. The molecule has 0 bridgehead atoms. The molecule has 19 heavy (non-hydrogen) atoms. The van der Waals surface area contributed by atoms with Crippen LogP contribution in [0.25, 0.3) is 0 Å². The van der Waals surface area contributed by atoms with E-state index in [2.05, 4.69) is 21.2 Å². The zero-order valence-corrected chi connectivity index (χ0v) is 12.1. The predicted octanol–water partition coefficient (Wildman–Crippen LogP) is 3.53. The number of primary amides is 1. The van der Waals surface area contributed by atoms with Gasteiger partial charge in [0.15, 0.2) is 0 Å². The van der Waals surface area contributed by atoms with Gasteiger partial charge in [0, 0.05) is 15.1 Å². The first-order valence-corrected chi connectivity index (χ1v) is 6.56. The Kier molecular flexibility index (Phi) is 3.97. The molecule has 0 aromatic heterocycles. The minimum Gasteiger partial charge on any atom is -0.397 e. The molecule has 6 heteroatoms. The summed E-state index contributed by atoms with van der Waals surface area (Å²) in [6.45, 7) is 0. The summed E-state index contributed by atoms with van der Waals surface area (Å²) < 4.78 is 0.818. The zero-order chi connectivity index (χ0) is 14.0. The van der Waals surface area contributed by atoms with Crippen molar-refractivity contribution in [1.29, 1.82) is 0 Å². The quantitative estimate of drug-likeness (QED) is 0.748. The van der Waals surface area contributed by atoms with Crippen molar-refractivity contribution < 1.29 is 4.79 Å². The first-order valence-electron chi connectivity index (χ1n) is 5.39. The van der Waals surface area contributed by atoms with Gasteiger partial charge >= 0.3 is 0 Å². The van der Waals surface area contributed by atoms with Gasteiger partial charge in [-0.25, -0.2) is 0 Å². The van der Waals surface area contributed by atoms with Crippen LogP contribution in [-0.4, -0.2) is 5.91 Å². The molecule has 2 aromatic rings. The largest absolute Gasteiger partial charge is 0.397 e. The summed E-state index contributed by atoms with van der Waals surface area (Å²) in [6.07, 6.45) is 0. The van der Waals surface area contributed by atoms with E-state index in [-0.39, 0.29) is 0 Å². The molecule has 0 aliphatic heterocycles. The summed E-state index contributed by atoms with van der Waals surface area (Å²) >= 11 is 9.28. The summed E-state index contributed by atoms with van der Waals surface area (Å²) in [5, 5.41) is 3.78. The maximum Gasteiger partial charge on any atom is 0.248 e. The highest BCUT2D eigenvalue weighted by molar-refractivity contribution is 9.10. The van der Waals surface area contributed by atoms with E-state index in [1.165, 1.54) is 6.07 Å². The maximum absolute atomic E-state index is 11.0. The number of nitrogens with two attached hydrogens (primary N) is 2. The molecule has 5 N–H and O–H groups in total. The molecule has 98 valence electrons. The van der Waals surface area contributed by atoms with Gasteiger partial charge in [0.05, 0.1) is 17.1 Å². The highest BCUT2D eigenvalue weighted by atomic mass is 79.9. The molecule has 0 saturated heterocycles. The number of nitrogen functional groups attached to an aromatic ring is 1. The summed E-state index contributed by atoms with van der Waals surface area (Å²) in [6, 6.07) is 10.2. The van der Waals surface area contributed by atoms with Crippen LogP contribution in [0.5, 0.6) is 0 Å². The topological polar surface area (TPSA) is 81.1 Å². The fraction of sp³-hybridized carbons (Fsp3) is 0. The molecule has 0 saturated carbocycles. The van der Waals surface area contributed by atoms with Gasteiger partial charge in [-0.1, -0.05) is 11.6 Å². The Morgan fingerprint density at radius 3 is 2.42 bits per heavy atom. The molecule has 2 rings (SSSR count). The fourth-order valence-electron chi connectivity index (χ4n) is 1.57. The molecule has 0 spiro atoms. The molecule has 0 unspecified atom stereocenters. The minimum absolute atomic E-state index is 0.373. The Morgan fingerprint density at radius 1 is 1.16 bits per heavy atom. The van der Waals surface area contributed by atoms with Gasteiger partial charge in [0.25, 0.3) is 0 Å². The third-order valence-electron chi connectivity index (χ3n) is 2.54. The number of benzene rings is 2. The second-order valence-electron chi connectivity index (χ2n) is 3.92. The number of amides is 1. The Bertz CT molecular complexity index is 646. The van der Waals surface area contributed by atoms with Crippen molar-refractivity contribution in [2.45, 2.75) is 0 Å². The molecule has 0 atom stereocenters. The number of rotatable bonds is 3. The van der Waals surface area contributed by atoms with E-state index >= 15 is 0 Å². The van der Waals surface area contributed by atoms with Crippen LogP contribution in [0.1, 0.15) is 10.4 Å². The van der Waals surface area contributed by atoms with Crippen molar-refractivity contribution in [1.82, 2.24) is 0 Å². The zero-order valence-electron chi connectivity index (χ0n) is 9.78. The highest BCUT2D eigenvalue weighted by Gasteiger charge is 2.07. The van der Waals surface area contributed by atoms with Crippen molar-refractivity contribution in [2.24, 2.45) is 5.73 Å². The van der Waals surface area contributed by atoms with E-state index < -0.39 is 5.91 Å². The van der Waals surface area contributed by atoms with E-state index in [0.29, 0.717) is 22.0 Å². The van der Waals surface area contributed by atoms with Crippen LogP contribution in [0.15, 0.2) is 40.9 Å². The second kappa shape index (κ2) is 5.50. The lowest BCUT2D eigenvalue weighted by Gasteiger charge is -2.12. The first-order chi connectivity index (χ1) is 8.97. The molecule has 0 fully saturated rings. The highest BCUT2D eigenvalue weighted by Crippen LogP contribution is 2.31. The number of anilines is 3. The van der Waals surface area contributed by atoms with Crippen LogP contribution in [0.4, 0.5) is 17.1 Å². The average Bonchev–Trinajstić information content (AvgIpc) is 2.34. The van der Waals surface area contributed by atoms with Gasteiger partial charge in [-0.05, 0) is 52.3 Å². The van der Waals surface area contributed by atoms with E-state index in [1.807, 2.05) is 6.07 Å². The Balaban J connectivity index is 2.31. The molecule has 0 radical (unpaired) electrons. The third kappa shape index (κ3) is 3.19.